The number of carbonyl (C=O) groups is 3. The third kappa shape index (κ3) is 5.59. The Kier molecular flexibility index (Phi) is 6.96. The summed E-state index contributed by atoms with van der Waals surface area (Å²) in [5.41, 5.74) is 6.95. The molecule has 0 aliphatic carbocycles. The number of amides is 3. The Labute approximate surface area is 201 Å². The monoisotopic (exact) mass is 473 g/mol. The van der Waals surface area contributed by atoms with Gasteiger partial charge >= 0.3 is 0 Å². The molecule has 4 rings (SSSR count). The summed E-state index contributed by atoms with van der Waals surface area (Å²) in [6, 6.07) is 20.5. The standard InChI is InChI=1S/C26H23N3O6/c1-33-21-12-9-18(15-22(21)34-2)25(31)29-28-24(30)13-16-7-10-19(11-8-16)27-26(32)23-14-17-5-3-4-6-20(17)35-23/h3-12,14-15H,13H2,1-2H3,(H,27,32)(H,28,30)(H,29,31). The first-order chi connectivity index (χ1) is 17.0. The molecule has 0 unspecified atom stereocenters. The Bertz CT molecular complexity index is 1340. The van der Waals surface area contributed by atoms with Crippen LogP contribution in [0.4, 0.5) is 5.69 Å². The van der Waals surface area contributed by atoms with Crippen LogP contribution in [0, 0.1) is 0 Å². The van der Waals surface area contributed by atoms with Crippen molar-refractivity contribution in [1.29, 1.82) is 0 Å². The summed E-state index contributed by atoms with van der Waals surface area (Å²) in [5, 5.41) is 3.61. The number of nitrogens with one attached hydrogen (secondary N) is 3. The summed E-state index contributed by atoms with van der Waals surface area (Å²) < 4.78 is 15.9. The molecule has 0 radical (unpaired) electrons. The van der Waals surface area contributed by atoms with Crippen molar-refractivity contribution >= 4 is 34.4 Å². The quantitative estimate of drug-likeness (QED) is 0.352. The zero-order valence-corrected chi connectivity index (χ0v) is 19.1. The summed E-state index contributed by atoms with van der Waals surface area (Å²) >= 11 is 0. The first-order valence-electron chi connectivity index (χ1n) is 10.7. The molecule has 0 aliphatic rings. The summed E-state index contributed by atoms with van der Waals surface area (Å²) in [6.07, 6.45) is 0.0318. The number of carbonyl (C=O) groups excluding carboxylic acids is 3. The fourth-order valence-corrected chi connectivity index (χ4v) is 3.40. The van der Waals surface area contributed by atoms with Crippen molar-refractivity contribution in [2.45, 2.75) is 6.42 Å². The fourth-order valence-electron chi connectivity index (χ4n) is 3.40. The zero-order valence-electron chi connectivity index (χ0n) is 19.1. The number of methoxy groups -OCH3 is 2. The molecule has 3 amide bonds. The van der Waals surface area contributed by atoms with Gasteiger partial charge in [0.05, 0.1) is 20.6 Å². The lowest BCUT2D eigenvalue weighted by atomic mass is 10.1. The molecule has 0 atom stereocenters. The lowest BCUT2D eigenvalue weighted by Crippen LogP contribution is -2.42. The van der Waals surface area contributed by atoms with E-state index in [1.54, 1.807) is 48.5 Å². The molecule has 0 saturated heterocycles. The molecule has 0 spiro atoms. The van der Waals surface area contributed by atoms with Crippen LogP contribution in [-0.2, 0) is 11.2 Å². The maximum absolute atomic E-state index is 12.5. The van der Waals surface area contributed by atoms with Crippen molar-refractivity contribution in [3.8, 4) is 11.5 Å². The SMILES string of the molecule is COc1ccc(C(=O)NNC(=O)Cc2ccc(NC(=O)c3cc4ccccc4o3)cc2)cc1OC. The Morgan fingerprint density at radius 1 is 0.800 bits per heavy atom. The number of rotatable bonds is 7. The first kappa shape index (κ1) is 23.4. The Morgan fingerprint density at radius 2 is 1.54 bits per heavy atom. The largest absolute Gasteiger partial charge is 0.493 e. The van der Waals surface area contributed by atoms with E-state index in [0.717, 1.165) is 5.39 Å². The highest BCUT2D eigenvalue weighted by molar-refractivity contribution is 6.04. The molecular formula is C26H23N3O6. The molecular weight excluding hydrogens is 450 g/mol. The normalized spacial score (nSPS) is 10.5. The average Bonchev–Trinajstić information content (AvgIpc) is 3.32. The van der Waals surface area contributed by atoms with Crippen LogP contribution >= 0.6 is 0 Å². The molecule has 3 aromatic carbocycles. The minimum absolute atomic E-state index is 0.0318. The number of hydrogen-bond acceptors (Lipinski definition) is 6. The molecule has 0 aliphatic heterocycles. The van der Waals surface area contributed by atoms with Gasteiger partial charge in [-0.1, -0.05) is 30.3 Å². The highest BCUT2D eigenvalue weighted by Crippen LogP contribution is 2.27. The van der Waals surface area contributed by atoms with Gasteiger partial charge in [-0.2, -0.15) is 0 Å². The van der Waals surface area contributed by atoms with Gasteiger partial charge in [-0.3, -0.25) is 25.2 Å². The lowest BCUT2D eigenvalue weighted by Gasteiger charge is -2.11. The van der Waals surface area contributed by atoms with Crippen molar-refractivity contribution in [3.05, 3.63) is 89.7 Å². The summed E-state index contributed by atoms with van der Waals surface area (Å²) in [7, 11) is 2.97. The third-order valence-electron chi connectivity index (χ3n) is 5.19. The maximum atomic E-state index is 12.5. The van der Waals surface area contributed by atoms with Crippen LogP contribution in [0.15, 0.2) is 77.2 Å². The molecule has 0 bridgehead atoms. The minimum atomic E-state index is -0.497. The second-order valence-corrected chi connectivity index (χ2v) is 7.55. The maximum Gasteiger partial charge on any atom is 0.291 e. The molecule has 0 saturated carbocycles. The van der Waals surface area contributed by atoms with Crippen molar-refractivity contribution in [3.63, 3.8) is 0 Å². The lowest BCUT2D eigenvalue weighted by molar-refractivity contribution is -0.121. The first-order valence-corrected chi connectivity index (χ1v) is 10.7. The molecule has 178 valence electrons. The molecule has 0 fully saturated rings. The summed E-state index contributed by atoms with van der Waals surface area (Å²) in [4.78, 5) is 37.0. The van der Waals surface area contributed by atoms with Crippen molar-refractivity contribution in [2.24, 2.45) is 0 Å². The predicted octanol–water partition coefficient (Wildman–Crippen LogP) is 3.71. The van der Waals surface area contributed by atoms with E-state index >= 15 is 0 Å². The number of fused-ring (bicyclic) bond motifs is 1. The van der Waals surface area contributed by atoms with Gasteiger partial charge in [-0.15, -0.1) is 0 Å². The molecule has 35 heavy (non-hydrogen) atoms. The van der Waals surface area contributed by atoms with Crippen LogP contribution in [0.1, 0.15) is 26.5 Å². The van der Waals surface area contributed by atoms with E-state index in [9.17, 15) is 14.4 Å². The highest BCUT2D eigenvalue weighted by atomic mass is 16.5. The number of benzene rings is 3. The van der Waals surface area contributed by atoms with Crippen LogP contribution in [0.5, 0.6) is 11.5 Å². The van der Waals surface area contributed by atoms with E-state index in [2.05, 4.69) is 16.2 Å². The van der Waals surface area contributed by atoms with Gasteiger partial charge in [0.1, 0.15) is 5.58 Å². The van der Waals surface area contributed by atoms with Crippen molar-refractivity contribution < 1.29 is 28.3 Å². The van der Waals surface area contributed by atoms with E-state index in [1.807, 2.05) is 18.2 Å². The third-order valence-corrected chi connectivity index (χ3v) is 5.19. The van der Waals surface area contributed by atoms with Crippen molar-refractivity contribution in [1.82, 2.24) is 10.9 Å². The van der Waals surface area contributed by atoms with Gasteiger partial charge in [0, 0.05) is 16.6 Å². The topological polar surface area (TPSA) is 119 Å². The summed E-state index contributed by atoms with van der Waals surface area (Å²) in [5.74, 6) is -0.172. The highest BCUT2D eigenvalue weighted by Gasteiger charge is 2.14. The molecule has 1 heterocycles. The minimum Gasteiger partial charge on any atom is -0.493 e. The van der Waals surface area contributed by atoms with E-state index in [4.69, 9.17) is 13.9 Å². The molecule has 9 heteroatoms. The van der Waals surface area contributed by atoms with E-state index < -0.39 is 11.8 Å². The van der Waals surface area contributed by atoms with Gasteiger partial charge in [0.15, 0.2) is 17.3 Å². The van der Waals surface area contributed by atoms with Crippen LogP contribution in [0.25, 0.3) is 11.0 Å². The van der Waals surface area contributed by atoms with Gasteiger partial charge in [0.2, 0.25) is 5.91 Å². The zero-order chi connectivity index (χ0) is 24.8. The second kappa shape index (κ2) is 10.4. The number of hydrazine groups is 1. The average molecular weight is 473 g/mol. The van der Waals surface area contributed by atoms with Gasteiger partial charge in [-0.25, -0.2) is 0 Å². The molecule has 3 N–H and O–H groups in total. The smallest absolute Gasteiger partial charge is 0.291 e. The van der Waals surface area contributed by atoms with Gasteiger partial charge in [0.25, 0.3) is 11.8 Å². The second-order valence-electron chi connectivity index (χ2n) is 7.55. The Morgan fingerprint density at radius 3 is 2.26 bits per heavy atom. The number of anilines is 1. The molecule has 1 aromatic heterocycles. The molecule has 9 nitrogen and oxygen atoms in total. The summed E-state index contributed by atoms with van der Waals surface area (Å²) in [6.45, 7) is 0. The fraction of sp³-hybridized carbons (Fsp3) is 0.115. The number of para-hydroxylation sites is 1. The van der Waals surface area contributed by atoms with E-state index in [0.29, 0.717) is 33.9 Å². The van der Waals surface area contributed by atoms with Crippen LogP contribution in [0.2, 0.25) is 0 Å². The number of ether oxygens (including phenoxy) is 2. The van der Waals surface area contributed by atoms with Crippen LogP contribution in [0.3, 0.4) is 0 Å². The Hall–Kier alpha value is -4.79. The van der Waals surface area contributed by atoms with Gasteiger partial charge in [-0.05, 0) is 48.0 Å². The van der Waals surface area contributed by atoms with E-state index in [1.165, 1.54) is 20.3 Å². The van der Waals surface area contributed by atoms with Crippen LogP contribution in [-0.4, -0.2) is 31.9 Å². The predicted molar refractivity (Wildman–Crippen MR) is 129 cm³/mol. The number of hydrogen-bond donors (Lipinski definition) is 3. The molecule has 4 aromatic rings. The number of furan rings is 1. The van der Waals surface area contributed by atoms with Crippen LogP contribution < -0.4 is 25.6 Å². The van der Waals surface area contributed by atoms with Crippen molar-refractivity contribution in [2.75, 3.05) is 19.5 Å². The van der Waals surface area contributed by atoms with Gasteiger partial charge < -0.3 is 19.2 Å². The Balaban J connectivity index is 1.29. The van der Waals surface area contributed by atoms with E-state index in [-0.39, 0.29) is 18.1 Å².